The molecule has 0 fully saturated rings. The molecule has 0 bridgehead atoms. The molecular formula is C20H15ClO3. The molecule has 0 saturated carbocycles. The lowest BCUT2D eigenvalue weighted by Crippen LogP contribution is -1.95. The second-order valence-electron chi connectivity index (χ2n) is 5.28. The van der Waals surface area contributed by atoms with Crippen molar-refractivity contribution in [2.75, 3.05) is 7.11 Å². The third-order valence-electron chi connectivity index (χ3n) is 3.75. The summed E-state index contributed by atoms with van der Waals surface area (Å²) in [6.45, 7) is 0. The Labute approximate surface area is 144 Å². The van der Waals surface area contributed by atoms with Crippen LogP contribution in [0.5, 0.6) is 11.5 Å². The molecule has 0 aliphatic rings. The van der Waals surface area contributed by atoms with Crippen molar-refractivity contribution < 1.29 is 14.6 Å². The molecule has 24 heavy (non-hydrogen) atoms. The fourth-order valence-corrected chi connectivity index (χ4v) is 2.77. The van der Waals surface area contributed by atoms with Gasteiger partial charge in [-0.05, 0) is 34.5 Å². The van der Waals surface area contributed by atoms with Gasteiger partial charge in [0, 0.05) is 5.56 Å². The number of hydrogen-bond donors (Lipinski definition) is 1. The van der Waals surface area contributed by atoms with E-state index in [-0.39, 0.29) is 22.3 Å². The number of phenols is 1. The van der Waals surface area contributed by atoms with Gasteiger partial charge in [0.1, 0.15) is 0 Å². The minimum Gasteiger partial charge on any atom is -0.503 e. The maximum absolute atomic E-state index is 12.5. The Bertz CT molecular complexity index is 940. The normalized spacial score (nSPS) is 11.1. The van der Waals surface area contributed by atoms with Crippen molar-refractivity contribution in [3.63, 3.8) is 0 Å². The lowest BCUT2D eigenvalue weighted by atomic mass is 10.0. The minimum atomic E-state index is -0.114. The molecule has 3 rings (SSSR count). The fourth-order valence-electron chi connectivity index (χ4n) is 2.55. The number of ether oxygens (including phenoxy) is 1. The van der Waals surface area contributed by atoms with Crippen molar-refractivity contribution >= 4 is 34.2 Å². The highest BCUT2D eigenvalue weighted by molar-refractivity contribution is 6.32. The van der Waals surface area contributed by atoms with Gasteiger partial charge in [-0.25, -0.2) is 0 Å². The van der Waals surface area contributed by atoms with Gasteiger partial charge in [0.15, 0.2) is 17.3 Å². The molecule has 0 radical (unpaired) electrons. The summed E-state index contributed by atoms with van der Waals surface area (Å²) in [6.07, 6.45) is 3.14. The molecule has 0 heterocycles. The number of rotatable bonds is 4. The van der Waals surface area contributed by atoms with Crippen molar-refractivity contribution in [1.29, 1.82) is 0 Å². The van der Waals surface area contributed by atoms with E-state index in [4.69, 9.17) is 16.3 Å². The van der Waals surface area contributed by atoms with E-state index in [1.54, 1.807) is 24.3 Å². The Hall–Kier alpha value is -2.78. The van der Waals surface area contributed by atoms with E-state index < -0.39 is 0 Å². The first kappa shape index (κ1) is 16.1. The first-order valence-corrected chi connectivity index (χ1v) is 7.74. The van der Waals surface area contributed by atoms with E-state index in [9.17, 15) is 9.90 Å². The zero-order valence-corrected chi connectivity index (χ0v) is 13.7. The summed E-state index contributed by atoms with van der Waals surface area (Å²) in [6, 6.07) is 16.6. The molecule has 0 spiro atoms. The summed E-state index contributed by atoms with van der Waals surface area (Å²) in [5.74, 6) is 0.0476. The molecule has 0 atom stereocenters. The molecule has 120 valence electrons. The van der Waals surface area contributed by atoms with Crippen LogP contribution in [0.15, 0.2) is 60.7 Å². The van der Waals surface area contributed by atoms with E-state index >= 15 is 0 Å². The van der Waals surface area contributed by atoms with Crippen LogP contribution in [0.4, 0.5) is 0 Å². The van der Waals surface area contributed by atoms with Gasteiger partial charge >= 0.3 is 0 Å². The average Bonchev–Trinajstić information content (AvgIpc) is 2.61. The number of allylic oxidation sites excluding steroid dienone is 1. The fraction of sp³-hybridized carbons (Fsp3) is 0.0500. The number of fused-ring (bicyclic) bond motifs is 1. The molecular weight excluding hydrogens is 324 g/mol. The van der Waals surface area contributed by atoms with Crippen molar-refractivity contribution in [3.8, 4) is 11.5 Å². The Balaban J connectivity index is 1.94. The van der Waals surface area contributed by atoms with E-state index in [1.807, 2.05) is 36.4 Å². The maximum Gasteiger partial charge on any atom is 0.186 e. The summed E-state index contributed by atoms with van der Waals surface area (Å²) in [5.41, 5.74) is 1.31. The van der Waals surface area contributed by atoms with Gasteiger partial charge in [0.05, 0.1) is 12.1 Å². The Morgan fingerprint density at radius 1 is 1.12 bits per heavy atom. The molecule has 3 nitrogen and oxygen atoms in total. The third-order valence-corrected chi connectivity index (χ3v) is 4.04. The predicted molar refractivity (Wildman–Crippen MR) is 97.0 cm³/mol. The smallest absolute Gasteiger partial charge is 0.186 e. The lowest BCUT2D eigenvalue weighted by molar-refractivity contribution is 0.104. The number of benzene rings is 3. The molecule has 3 aromatic carbocycles. The van der Waals surface area contributed by atoms with Crippen LogP contribution in [0, 0.1) is 0 Å². The quantitative estimate of drug-likeness (QED) is 0.531. The molecule has 0 aliphatic heterocycles. The maximum atomic E-state index is 12.5. The number of aromatic hydroxyl groups is 1. The first-order chi connectivity index (χ1) is 11.6. The summed E-state index contributed by atoms with van der Waals surface area (Å²) in [5, 5.41) is 11.9. The molecule has 0 amide bonds. The van der Waals surface area contributed by atoms with E-state index in [2.05, 4.69) is 0 Å². The second-order valence-corrected chi connectivity index (χ2v) is 5.69. The molecule has 0 aromatic heterocycles. The molecule has 4 heteroatoms. The number of halogens is 1. The summed E-state index contributed by atoms with van der Waals surface area (Å²) in [4.78, 5) is 12.5. The number of carbonyl (C=O) groups excluding carboxylic acids is 1. The zero-order valence-electron chi connectivity index (χ0n) is 13.0. The zero-order chi connectivity index (χ0) is 17.1. The van der Waals surface area contributed by atoms with E-state index in [0.717, 1.165) is 10.8 Å². The standard InChI is InChI=1S/C20H15ClO3/c1-24-19-12-13(11-17(21)20(19)23)9-10-18(22)16-8-4-6-14-5-2-3-7-15(14)16/h2-12,23H,1H3/b10-9+. The van der Waals surface area contributed by atoms with Gasteiger partial charge in [-0.15, -0.1) is 0 Å². The van der Waals surface area contributed by atoms with Crippen LogP contribution < -0.4 is 4.74 Å². The second kappa shape index (κ2) is 6.77. The summed E-state index contributed by atoms with van der Waals surface area (Å²) < 4.78 is 5.06. The Morgan fingerprint density at radius 2 is 1.88 bits per heavy atom. The van der Waals surface area contributed by atoms with E-state index in [0.29, 0.717) is 11.1 Å². The number of methoxy groups -OCH3 is 1. The SMILES string of the molecule is COc1cc(/C=C/C(=O)c2cccc3ccccc23)cc(Cl)c1O. The van der Waals surface area contributed by atoms with Gasteiger partial charge in [0.2, 0.25) is 0 Å². The summed E-state index contributed by atoms with van der Waals surface area (Å²) in [7, 11) is 1.44. The molecule has 0 saturated heterocycles. The van der Waals surface area contributed by atoms with Gasteiger partial charge in [-0.1, -0.05) is 60.1 Å². The Kier molecular flexibility index (Phi) is 4.54. The summed E-state index contributed by atoms with van der Waals surface area (Å²) >= 11 is 5.96. The van der Waals surface area contributed by atoms with Crippen molar-refractivity contribution in [2.45, 2.75) is 0 Å². The molecule has 0 aliphatic carbocycles. The number of phenolic OH excluding ortho intramolecular Hbond substituents is 1. The largest absolute Gasteiger partial charge is 0.503 e. The van der Waals surface area contributed by atoms with Crippen molar-refractivity contribution in [2.24, 2.45) is 0 Å². The van der Waals surface area contributed by atoms with Crippen LogP contribution in [-0.2, 0) is 0 Å². The van der Waals surface area contributed by atoms with Gasteiger partial charge in [-0.3, -0.25) is 4.79 Å². The lowest BCUT2D eigenvalue weighted by Gasteiger charge is -2.06. The number of carbonyl (C=O) groups is 1. The highest BCUT2D eigenvalue weighted by Gasteiger charge is 2.09. The highest BCUT2D eigenvalue weighted by atomic mass is 35.5. The Morgan fingerprint density at radius 3 is 2.67 bits per heavy atom. The predicted octanol–water partition coefficient (Wildman–Crippen LogP) is 5.10. The third kappa shape index (κ3) is 3.12. The van der Waals surface area contributed by atoms with Gasteiger partial charge in [-0.2, -0.15) is 0 Å². The van der Waals surface area contributed by atoms with Gasteiger partial charge < -0.3 is 9.84 Å². The van der Waals surface area contributed by atoms with Crippen LogP contribution in [0.2, 0.25) is 5.02 Å². The van der Waals surface area contributed by atoms with Crippen molar-refractivity contribution in [1.82, 2.24) is 0 Å². The van der Waals surface area contributed by atoms with Crippen molar-refractivity contribution in [3.05, 3.63) is 76.8 Å². The van der Waals surface area contributed by atoms with Crippen LogP contribution in [0.1, 0.15) is 15.9 Å². The number of hydrogen-bond acceptors (Lipinski definition) is 3. The minimum absolute atomic E-state index is 0.102. The average molecular weight is 339 g/mol. The first-order valence-electron chi connectivity index (χ1n) is 7.37. The van der Waals surface area contributed by atoms with Crippen LogP contribution >= 0.6 is 11.6 Å². The molecule has 3 aromatic rings. The monoisotopic (exact) mass is 338 g/mol. The van der Waals surface area contributed by atoms with Crippen LogP contribution in [-0.4, -0.2) is 18.0 Å². The van der Waals surface area contributed by atoms with Gasteiger partial charge in [0.25, 0.3) is 0 Å². The topological polar surface area (TPSA) is 46.5 Å². The number of ketones is 1. The highest BCUT2D eigenvalue weighted by Crippen LogP contribution is 2.35. The molecule has 0 unspecified atom stereocenters. The molecule has 1 N–H and O–H groups in total. The van der Waals surface area contributed by atoms with E-state index in [1.165, 1.54) is 13.2 Å². The van der Waals surface area contributed by atoms with Crippen LogP contribution in [0.3, 0.4) is 0 Å². The van der Waals surface area contributed by atoms with Crippen LogP contribution in [0.25, 0.3) is 16.8 Å².